The van der Waals surface area contributed by atoms with Crippen LogP contribution in [0.15, 0.2) is 47.4 Å². The second kappa shape index (κ2) is 6.21. The van der Waals surface area contributed by atoms with Gasteiger partial charge < -0.3 is 5.32 Å². The minimum absolute atomic E-state index is 0.115. The minimum Gasteiger partial charge on any atom is -0.321 e. The fourth-order valence-electron chi connectivity index (χ4n) is 1.57. The van der Waals surface area contributed by atoms with Crippen LogP contribution in [0.5, 0.6) is 0 Å². The van der Waals surface area contributed by atoms with E-state index in [-0.39, 0.29) is 15.7 Å². The average molecular weight is 326 g/mol. The van der Waals surface area contributed by atoms with Crippen LogP contribution in [-0.4, -0.2) is 26.4 Å². The van der Waals surface area contributed by atoms with Crippen LogP contribution >= 0.6 is 11.6 Å². The number of carbonyl (C=O) groups is 1. The summed E-state index contributed by atoms with van der Waals surface area (Å²) < 4.78 is 25.4. The van der Waals surface area contributed by atoms with Crippen LogP contribution in [0, 0.1) is 0 Å². The molecule has 0 spiro atoms. The van der Waals surface area contributed by atoms with Crippen molar-refractivity contribution in [3.05, 3.63) is 53.3 Å². The van der Waals surface area contributed by atoms with Gasteiger partial charge in [-0.25, -0.2) is 18.1 Å². The maximum Gasteiger partial charge on any atom is 0.274 e. The third-order valence-corrected chi connectivity index (χ3v) is 4.28. The highest BCUT2D eigenvalue weighted by Crippen LogP contribution is 2.15. The summed E-state index contributed by atoms with van der Waals surface area (Å²) in [6.07, 6.45) is 0. The predicted molar refractivity (Wildman–Crippen MR) is 79.9 cm³/mol. The molecule has 0 unspecified atom stereocenters. The summed E-state index contributed by atoms with van der Waals surface area (Å²) in [5.41, 5.74) is 0.631. The number of hydrogen-bond donors (Lipinski definition) is 2. The average Bonchev–Trinajstić information content (AvgIpc) is 2.48. The van der Waals surface area contributed by atoms with Gasteiger partial charge in [-0.05, 0) is 43.4 Å². The van der Waals surface area contributed by atoms with Gasteiger partial charge in [-0.15, -0.1) is 0 Å². The number of aromatic nitrogens is 1. The number of rotatable bonds is 4. The number of benzene rings is 1. The first-order valence-corrected chi connectivity index (χ1v) is 7.76. The molecule has 8 heteroatoms. The van der Waals surface area contributed by atoms with Crippen molar-refractivity contribution in [1.82, 2.24) is 9.71 Å². The monoisotopic (exact) mass is 325 g/mol. The topological polar surface area (TPSA) is 88.2 Å². The van der Waals surface area contributed by atoms with Gasteiger partial charge in [0.15, 0.2) is 0 Å². The Kier molecular flexibility index (Phi) is 4.56. The number of hydrogen-bond acceptors (Lipinski definition) is 4. The highest BCUT2D eigenvalue weighted by Gasteiger charge is 2.12. The summed E-state index contributed by atoms with van der Waals surface area (Å²) in [4.78, 5) is 15.9. The smallest absolute Gasteiger partial charge is 0.274 e. The van der Waals surface area contributed by atoms with Crippen molar-refractivity contribution in [3.8, 4) is 0 Å². The molecule has 2 N–H and O–H groups in total. The fourth-order valence-corrected chi connectivity index (χ4v) is 2.46. The molecule has 6 nitrogen and oxygen atoms in total. The summed E-state index contributed by atoms with van der Waals surface area (Å²) in [6.45, 7) is 0. The summed E-state index contributed by atoms with van der Waals surface area (Å²) in [7, 11) is -2.16. The zero-order valence-electron chi connectivity index (χ0n) is 11.0. The molecule has 110 valence electrons. The lowest BCUT2D eigenvalue weighted by Gasteiger charge is -2.06. The first-order valence-electron chi connectivity index (χ1n) is 5.90. The Morgan fingerprint density at radius 3 is 2.38 bits per heavy atom. The molecule has 0 saturated heterocycles. The number of nitrogens with one attached hydrogen (secondary N) is 2. The van der Waals surface area contributed by atoms with Gasteiger partial charge >= 0.3 is 0 Å². The number of pyridine rings is 1. The Morgan fingerprint density at radius 2 is 1.81 bits per heavy atom. The van der Waals surface area contributed by atoms with Crippen LogP contribution in [0.3, 0.4) is 0 Å². The zero-order valence-corrected chi connectivity index (χ0v) is 12.6. The largest absolute Gasteiger partial charge is 0.321 e. The van der Waals surface area contributed by atoms with Gasteiger partial charge in [0.1, 0.15) is 10.8 Å². The van der Waals surface area contributed by atoms with Crippen molar-refractivity contribution in [2.45, 2.75) is 4.90 Å². The molecule has 0 bridgehead atoms. The number of anilines is 1. The molecule has 2 rings (SSSR count). The fraction of sp³-hybridized carbons (Fsp3) is 0.0769. The van der Waals surface area contributed by atoms with Gasteiger partial charge in [-0.1, -0.05) is 17.7 Å². The van der Waals surface area contributed by atoms with Gasteiger partial charge in [-0.3, -0.25) is 4.79 Å². The molecule has 1 amide bonds. The van der Waals surface area contributed by atoms with Crippen molar-refractivity contribution in [3.63, 3.8) is 0 Å². The Hall–Kier alpha value is -1.96. The van der Waals surface area contributed by atoms with Gasteiger partial charge in [0.25, 0.3) is 5.91 Å². The van der Waals surface area contributed by atoms with E-state index in [0.29, 0.717) is 5.69 Å². The Balaban J connectivity index is 2.16. The zero-order chi connectivity index (χ0) is 15.5. The van der Waals surface area contributed by atoms with E-state index in [2.05, 4.69) is 15.0 Å². The summed E-state index contributed by atoms with van der Waals surface area (Å²) in [5.74, 6) is -0.429. The van der Waals surface area contributed by atoms with Gasteiger partial charge in [0, 0.05) is 5.69 Å². The van der Waals surface area contributed by atoms with E-state index in [4.69, 9.17) is 11.6 Å². The van der Waals surface area contributed by atoms with E-state index in [0.717, 1.165) is 0 Å². The van der Waals surface area contributed by atoms with Crippen LogP contribution in [0.4, 0.5) is 5.69 Å². The normalized spacial score (nSPS) is 11.1. The van der Waals surface area contributed by atoms with Crippen LogP contribution in [0.25, 0.3) is 0 Å². The van der Waals surface area contributed by atoms with Crippen molar-refractivity contribution >= 4 is 33.2 Å². The van der Waals surface area contributed by atoms with E-state index in [1.54, 1.807) is 12.1 Å². The van der Waals surface area contributed by atoms with Crippen LogP contribution in [-0.2, 0) is 10.0 Å². The molecule has 0 atom stereocenters. The number of sulfonamides is 1. The highest BCUT2D eigenvalue weighted by atomic mass is 35.5. The Bertz CT molecular complexity index is 760. The molecule has 0 fully saturated rings. The van der Waals surface area contributed by atoms with Crippen molar-refractivity contribution in [2.24, 2.45) is 0 Å². The highest BCUT2D eigenvalue weighted by molar-refractivity contribution is 7.89. The number of nitrogens with zero attached hydrogens (tertiary/aromatic N) is 1. The Labute approximate surface area is 127 Å². The first kappa shape index (κ1) is 15.4. The number of halogens is 1. The molecular weight excluding hydrogens is 314 g/mol. The second-order valence-corrected chi connectivity index (χ2v) is 6.31. The molecule has 0 aliphatic rings. The lowest BCUT2D eigenvalue weighted by molar-refractivity contribution is 0.102. The SMILES string of the molecule is CNS(=O)(=O)c1ccc(NC(=O)c2cccc(Cl)n2)cc1. The predicted octanol–water partition coefficient (Wildman–Crippen LogP) is 1.90. The van der Waals surface area contributed by atoms with E-state index >= 15 is 0 Å². The second-order valence-electron chi connectivity index (χ2n) is 4.03. The Morgan fingerprint density at radius 1 is 1.14 bits per heavy atom. The van der Waals surface area contributed by atoms with Gasteiger partial charge in [0.05, 0.1) is 4.90 Å². The van der Waals surface area contributed by atoms with E-state index in [9.17, 15) is 13.2 Å². The van der Waals surface area contributed by atoms with E-state index < -0.39 is 15.9 Å². The number of carbonyl (C=O) groups excluding carboxylic acids is 1. The maximum atomic E-state index is 11.9. The molecule has 1 heterocycles. The van der Waals surface area contributed by atoms with Gasteiger partial charge in [-0.2, -0.15) is 0 Å². The van der Waals surface area contributed by atoms with Gasteiger partial charge in [0.2, 0.25) is 10.0 Å². The molecule has 0 radical (unpaired) electrons. The molecule has 0 aliphatic carbocycles. The first-order chi connectivity index (χ1) is 9.92. The minimum atomic E-state index is -3.49. The lowest BCUT2D eigenvalue weighted by atomic mass is 10.3. The molecular formula is C13H12ClN3O3S. The summed E-state index contributed by atoms with van der Waals surface area (Å²) >= 11 is 5.71. The van der Waals surface area contributed by atoms with Crippen molar-refractivity contribution in [1.29, 1.82) is 0 Å². The van der Waals surface area contributed by atoms with Crippen LogP contribution in [0.2, 0.25) is 5.15 Å². The molecule has 0 aliphatic heterocycles. The summed E-state index contributed by atoms with van der Waals surface area (Å²) in [5, 5.41) is 2.83. The standard InChI is InChI=1S/C13H12ClN3O3S/c1-15-21(19,20)10-7-5-9(6-8-10)16-13(18)11-3-2-4-12(14)17-11/h2-8,15H,1H3,(H,16,18). The van der Waals surface area contributed by atoms with Crippen molar-refractivity contribution < 1.29 is 13.2 Å². The quantitative estimate of drug-likeness (QED) is 0.840. The summed E-state index contributed by atoms with van der Waals surface area (Å²) in [6, 6.07) is 10.5. The van der Waals surface area contributed by atoms with E-state index in [1.165, 1.54) is 37.4 Å². The van der Waals surface area contributed by atoms with Crippen LogP contribution < -0.4 is 10.0 Å². The third-order valence-electron chi connectivity index (χ3n) is 2.64. The lowest BCUT2D eigenvalue weighted by Crippen LogP contribution is -2.18. The van der Waals surface area contributed by atoms with Crippen LogP contribution in [0.1, 0.15) is 10.5 Å². The molecule has 21 heavy (non-hydrogen) atoms. The molecule has 0 saturated carbocycles. The molecule has 1 aromatic carbocycles. The van der Waals surface area contributed by atoms with E-state index in [1.807, 2.05) is 0 Å². The van der Waals surface area contributed by atoms with Crippen molar-refractivity contribution in [2.75, 3.05) is 12.4 Å². The molecule has 2 aromatic rings. The maximum absolute atomic E-state index is 11.9. The number of amides is 1. The molecule has 1 aromatic heterocycles. The third kappa shape index (κ3) is 3.78.